The number of halogens is 4. The first-order valence-electron chi connectivity index (χ1n) is 3.49. The Hall–Kier alpha value is -1.10. The van der Waals surface area contributed by atoms with Crippen LogP contribution < -0.4 is 5.73 Å². The molecule has 1 nitrogen and oxygen atoms in total. The van der Waals surface area contributed by atoms with Crippen LogP contribution in [0, 0.1) is 5.82 Å². The molecule has 1 aromatic rings. The quantitative estimate of drug-likeness (QED) is 0.681. The minimum atomic E-state index is -4.53. The molecular formula is C8H7F4N. The molecule has 5 heteroatoms. The van der Waals surface area contributed by atoms with Crippen molar-refractivity contribution in [3.05, 3.63) is 35.6 Å². The Bertz CT molecular complexity index is 294. The first kappa shape index (κ1) is 9.98. The van der Waals surface area contributed by atoms with Crippen LogP contribution in [0.2, 0.25) is 0 Å². The van der Waals surface area contributed by atoms with Gasteiger partial charge in [-0.05, 0) is 17.7 Å². The van der Waals surface area contributed by atoms with Crippen LogP contribution in [0.3, 0.4) is 0 Å². The lowest BCUT2D eigenvalue weighted by molar-refractivity contribution is -0.149. The van der Waals surface area contributed by atoms with Gasteiger partial charge in [-0.25, -0.2) is 4.39 Å². The van der Waals surface area contributed by atoms with Crippen molar-refractivity contribution in [1.29, 1.82) is 0 Å². The molecule has 0 aliphatic rings. The van der Waals surface area contributed by atoms with Crippen molar-refractivity contribution >= 4 is 0 Å². The van der Waals surface area contributed by atoms with E-state index in [9.17, 15) is 17.6 Å². The summed E-state index contributed by atoms with van der Waals surface area (Å²) in [5.74, 6) is -0.725. The summed E-state index contributed by atoms with van der Waals surface area (Å²) in [6, 6.07) is 2.05. The molecule has 0 aromatic heterocycles. The Kier molecular flexibility index (Phi) is 2.56. The van der Waals surface area contributed by atoms with Gasteiger partial charge < -0.3 is 5.73 Å². The highest BCUT2D eigenvalue weighted by atomic mass is 19.4. The number of nitrogens with two attached hydrogens (primary N) is 1. The fourth-order valence-electron chi connectivity index (χ4n) is 0.889. The van der Waals surface area contributed by atoms with E-state index in [-0.39, 0.29) is 5.56 Å². The van der Waals surface area contributed by atoms with Gasteiger partial charge >= 0.3 is 6.18 Å². The number of alkyl halides is 3. The summed E-state index contributed by atoms with van der Waals surface area (Å²) in [5.41, 5.74) is 4.58. The standard InChI is InChI=1S/C8H7F4N/c9-6-3-1-2-5(4-6)7(13)8(10,11)12/h1-4,7H,13H2. The third kappa shape index (κ3) is 2.42. The minimum absolute atomic E-state index is 0.271. The van der Waals surface area contributed by atoms with Crippen LogP contribution in [0.25, 0.3) is 0 Å². The second-order valence-corrected chi connectivity index (χ2v) is 2.57. The fraction of sp³-hybridized carbons (Fsp3) is 0.250. The Morgan fingerprint density at radius 2 is 1.85 bits per heavy atom. The van der Waals surface area contributed by atoms with Crippen molar-refractivity contribution in [3.8, 4) is 0 Å². The number of hydrogen-bond acceptors (Lipinski definition) is 1. The molecule has 1 unspecified atom stereocenters. The van der Waals surface area contributed by atoms with Crippen LogP contribution >= 0.6 is 0 Å². The topological polar surface area (TPSA) is 26.0 Å². The highest BCUT2D eigenvalue weighted by Gasteiger charge is 2.37. The van der Waals surface area contributed by atoms with Gasteiger partial charge in [0.15, 0.2) is 0 Å². The molecule has 0 amide bonds. The third-order valence-corrected chi connectivity index (χ3v) is 1.56. The summed E-state index contributed by atoms with van der Waals surface area (Å²) < 4.78 is 48.6. The maximum Gasteiger partial charge on any atom is 0.407 e. The van der Waals surface area contributed by atoms with Gasteiger partial charge in [0, 0.05) is 0 Å². The van der Waals surface area contributed by atoms with E-state index < -0.39 is 18.0 Å². The van der Waals surface area contributed by atoms with Crippen LogP contribution in [-0.2, 0) is 0 Å². The third-order valence-electron chi connectivity index (χ3n) is 1.56. The lowest BCUT2D eigenvalue weighted by atomic mass is 10.1. The molecule has 1 aromatic carbocycles. The maximum absolute atomic E-state index is 12.5. The molecule has 0 radical (unpaired) electrons. The van der Waals surface area contributed by atoms with E-state index in [1.807, 2.05) is 0 Å². The lowest BCUT2D eigenvalue weighted by Crippen LogP contribution is -2.28. The Morgan fingerprint density at radius 3 is 2.31 bits per heavy atom. The maximum atomic E-state index is 12.5. The van der Waals surface area contributed by atoms with Crippen LogP contribution in [-0.4, -0.2) is 6.18 Å². The van der Waals surface area contributed by atoms with Crippen molar-refractivity contribution in [2.45, 2.75) is 12.2 Å². The summed E-state index contributed by atoms with van der Waals surface area (Å²) in [6.07, 6.45) is -4.53. The summed E-state index contributed by atoms with van der Waals surface area (Å²) in [6.45, 7) is 0. The first-order valence-corrected chi connectivity index (χ1v) is 3.49. The molecule has 72 valence electrons. The predicted molar refractivity (Wildman–Crippen MR) is 39.4 cm³/mol. The normalized spacial score (nSPS) is 14.2. The smallest absolute Gasteiger partial charge is 0.316 e. The minimum Gasteiger partial charge on any atom is -0.316 e. The molecule has 0 aliphatic carbocycles. The van der Waals surface area contributed by atoms with E-state index in [4.69, 9.17) is 5.73 Å². The van der Waals surface area contributed by atoms with Gasteiger partial charge in [0.25, 0.3) is 0 Å². The molecule has 13 heavy (non-hydrogen) atoms. The number of rotatable bonds is 1. The molecule has 0 bridgehead atoms. The Morgan fingerprint density at radius 1 is 1.23 bits per heavy atom. The van der Waals surface area contributed by atoms with E-state index >= 15 is 0 Å². The molecular weight excluding hydrogens is 186 g/mol. The van der Waals surface area contributed by atoms with E-state index in [1.54, 1.807) is 0 Å². The van der Waals surface area contributed by atoms with E-state index in [1.165, 1.54) is 6.07 Å². The van der Waals surface area contributed by atoms with Crippen molar-refractivity contribution in [1.82, 2.24) is 0 Å². The molecule has 0 heterocycles. The van der Waals surface area contributed by atoms with Gasteiger partial charge in [0.05, 0.1) is 0 Å². The van der Waals surface area contributed by atoms with Crippen molar-refractivity contribution in [2.24, 2.45) is 5.73 Å². The van der Waals surface area contributed by atoms with Crippen LogP contribution in [0.15, 0.2) is 24.3 Å². The fourth-order valence-corrected chi connectivity index (χ4v) is 0.889. The largest absolute Gasteiger partial charge is 0.407 e. The Labute approximate surface area is 72.2 Å². The van der Waals surface area contributed by atoms with Crippen LogP contribution in [0.5, 0.6) is 0 Å². The SMILES string of the molecule is NC(c1cccc(F)c1)C(F)(F)F. The summed E-state index contributed by atoms with van der Waals surface area (Å²) in [4.78, 5) is 0. The zero-order valence-corrected chi connectivity index (χ0v) is 6.48. The molecule has 0 spiro atoms. The summed E-state index contributed by atoms with van der Waals surface area (Å²) in [5, 5.41) is 0. The van der Waals surface area contributed by atoms with Gasteiger partial charge in [-0.1, -0.05) is 12.1 Å². The van der Waals surface area contributed by atoms with E-state index in [0.717, 1.165) is 18.2 Å². The van der Waals surface area contributed by atoms with E-state index in [0.29, 0.717) is 0 Å². The van der Waals surface area contributed by atoms with Crippen LogP contribution in [0.1, 0.15) is 11.6 Å². The highest BCUT2D eigenvalue weighted by Crippen LogP contribution is 2.30. The van der Waals surface area contributed by atoms with Crippen molar-refractivity contribution in [3.63, 3.8) is 0 Å². The second kappa shape index (κ2) is 3.33. The van der Waals surface area contributed by atoms with Crippen molar-refractivity contribution in [2.75, 3.05) is 0 Å². The van der Waals surface area contributed by atoms with Gasteiger partial charge in [0.1, 0.15) is 11.9 Å². The zero-order valence-electron chi connectivity index (χ0n) is 6.48. The predicted octanol–water partition coefficient (Wildman–Crippen LogP) is 2.39. The lowest BCUT2D eigenvalue weighted by Gasteiger charge is -2.15. The zero-order chi connectivity index (χ0) is 10.1. The number of benzene rings is 1. The number of hydrogen-bond donors (Lipinski definition) is 1. The average molecular weight is 193 g/mol. The van der Waals surface area contributed by atoms with Crippen LogP contribution in [0.4, 0.5) is 17.6 Å². The first-order chi connectivity index (χ1) is 5.91. The molecule has 2 N–H and O–H groups in total. The van der Waals surface area contributed by atoms with E-state index in [2.05, 4.69) is 0 Å². The second-order valence-electron chi connectivity index (χ2n) is 2.57. The molecule has 0 saturated heterocycles. The molecule has 1 rings (SSSR count). The average Bonchev–Trinajstić information content (AvgIpc) is 2.01. The summed E-state index contributed by atoms with van der Waals surface area (Å²) >= 11 is 0. The van der Waals surface area contributed by atoms with Crippen molar-refractivity contribution < 1.29 is 17.6 Å². The molecule has 0 fully saturated rings. The molecule has 0 saturated carbocycles. The monoisotopic (exact) mass is 193 g/mol. The Balaban J connectivity index is 2.96. The van der Waals surface area contributed by atoms with Gasteiger partial charge in [0.2, 0.25) is 0 Å². The van der Waals surface area contributed by atoms with Gasteiger partial charge in [-0.3, -0.25) is 0 Å². The van der Waals surface area contributed by atoms with Gasteiger partial charge in [-0.2, -0.15) is 13.2 Å². The van der Waals surface area contributed by atoms with Gasteiger partial charge in [-0.15, -0.1) is 0 Å². The highest BCUT2D eigenvalue weighted by molar-refractivity contribution is 5.20. The molecule has 0 aliphatic heterocycles. The summed E-state index contributed by atoms with van der Waals surface area (Å²) in [7, 11) is 0. The molecule has 1 atom stereocenters.